The first-order chi connectivity index (χ1) is 23.4. The van der Waals surface area contributed by atoms with Gasteiger partial charge in [0.1, 0.15) is 23.7 Å². The van der Waals surface area contributed by atoms with E-state index in [-0.39, 0.29) is 30.4 Å². The molecule has 2 aromatic carbocycles. The lowest BCUT2D eigenvalue weighted by Crippen LogP contribution is -2.25. The molecule has 15 heteroatoms. The Morgan fingerprint density at radius 3 is 2.16 bits per heavy atom. The number of aliphatic hydroxyl groups is 1. The molecule has 6 aromatic rings. The van der Waals surface area contributed by atoms with Crippen LogP contribution in [0.25, 0.3) is 22.5 Å². The number of aryl methyl sites for hydroxylation is 3. The van der Waals surface area contributed by atoms with Gasteiger partial charge in [0.2, 0.25) is 0 Å². The smallest absolute Gasteiger partial charge is 0.453 e. The molecule has 0 aliphatic heterocycles. The molecule has 0 fully saturated rings. The van der Waals surface area contributed by atoms with Gasteiger partial charge in [-0.1, -0.05) is 55.5 Å². The quantitative estimate of drug-likeness (QED) is 0.178. The molecule has 15 nitrogen and oxygen atoms in total. The van der Waals surface area contributed by atoms with Crippen molar-refractivity contribution in [3.63, 3.8) is 0 Å². The zero-order valence-corrected chi connectivity index (χ0v) is 27.6. The molecule has 0 aliphatic rings. The summed E-state index contributed by atoms with van der Waals surface area (Å²) in [6, 6.07) is 15.5. The summed E-state index contributed by atoms with van der Waals surface area (Å²) < 4.78 is 28.8. The van der Waals surface area contributed by atoms with E-state index >= 15 is 0 Å². The van der Waals surface area contributed by atoms with E-state index in [1.807, 2.05) is 60.0 Å². The maximum absolute atomic E-state index is 13.3. The molecule has 4 heterocycles. The zero-order chi connectivity index (χ0) is 34.9. The van der Waals surface area contributed by atoms with E-state index < -0.39 is 23.2 Å². The Balaban J connectivity index is 1.29. The number of tetrazole rings is 1. The number of imidazole rings is 1. The lowest BCUT2D eigenvalue weighted by atomic mass is 9.98. The summed E-state index contributed by atoms with van der Waals surface area (Å²) >= 11 is 0. The predicted molar refractivity (Wildman–Crippen MR) is 171 cm³/mol. The van der Waals surface area contributed by atoms with Crippen LogP contribution in [-0.4, -0.2) is 40.8 Å². The van der Waals surface area contributed by atoms with Gasteiger partial charge in [0.25, 0.3) is 0 Å². The minimum atomic E-state index is -1.45. The van der Waals surface area contributed by atoms with E-state index in [1.54, 1.807) is 20.8 Å². The Morgan fingerprint density at radius 1 is 0.898 bits per heavy atom. The normalized spacial score (nSPS) is 11.7. The van der Waals surface area contributed by atoms with Gasteiger partial charge in [0, 0.05) is 18.5 Å². The van der Waals surface area contributed by atoms with Crippen LogP contribution in [0, 0.1) is 13.8 Å². The van der Waals surface area contributed by atoms with Gasteiger partial charge in [-0.3, -0.25) is 0 Å². The third-order valence-corrected chi connectivity index (χ3v) is 7.90. The van der Waals surface area contributed by atoms with Crippen molar-refractivity contribution in [2.24, 2.45) is 0 Å². The average molecular weight is 671 g/mol. The first-order valence-corrected chi connectivity index (χ1v) is 15.6. The van der Waals surface area contributed by atoms with Gasteiger partial charge in [0.05, 0.1) is 5.69 Å². The van der Waals surface area contributed by atoms with Crippen LogP contribution in [0.3, 0.4) is 0 Å². The van der Waals surface area contributed by atoms with Gasteiger partial charge in [-0.15, -0.1) is 5.10 Å². The molecule has 0 radical (unpaired) electrons. The molecule has 49 heavy (non-hydrogen) atoms. The van der Waals surface area contributed by atoms with E-state index in [9.17, 15) is 19.5 Å². The SMILES string of the molecule is CCCc1nc(C(=O)OCc2oc(=O)oc2C)c(C(C)(C)O)n1Cc1ccc(-c2ccccc2-c2nnnn2Cc2oc(=O)oc2C)cc1. The Kier molecular flexibility index (Phi) is 9.01. The van der Waals surface area contributed by atoms with Crippen LogP contribution in [0.4, 0.5) is 0 Å². The second-order valence-corrected chi connectivity index (χ2v) is 12.0. The fraction of sp³-hybridized carbons (Fsp3) is 0.324. The molecule has 254 valence electrons. The minimum absolute atomic E-state index is 0.0207. The van der Waals surface area contributed by atoms with Gasteiger partial charge < -0.3 is 32.1 Å². The fourth-order valence-electron chi connectivity index (χ4n) is 5.61. The molecular weight excluding hydrogens is 636 g/mol. The third-order valence-electron chi connectivity index (χ3n) is 7.90. The molecule has 0 spiro atoms. The lowest BCUT2D eigenvalue weighted by Gasteiger charge is -2.22. The molecule has 0 unspecified atom stereocenters. The summed E-state index contributed by atoms with van der Waals surface area (Å²) in [6.07, 6.45) is 1.30. The van der Waals surface area contributed by atoms with E-state index in [4.69, 9.17) is 22.4 Å². The van der Waals surface area contributed by atoms with Crippen molar-refractivity contribution < 1.29 is 32.3 Å². The molecule has 1 N–H and O–H groups in total. The standard InChI is InChI=1S/C34H34N6O9/c1-6-9-27-35-28(31(41)45-18-26-20(3)47-33(43)49-26)29(34(4,5)44)39(27)16-21-12-14-22(15-13-21)23-10-7-8-11-24(23)30-36-37-38-40(30)17-25-19(2)46-32(42)48-25/h7-8,10-15,44H,6,9,16-18H2,1-5H3. The third kappa shape index (κ3) is 6.92. The second-order valence-electron chi connectivity index (χ2n) is 12.0. The van der Waals surface area contributed by atoms with Crippen LogP contribution in [0.15, 0.2) is 75.8 Å². The number of ether oxygens (including phenoxy) is 1. The molecule has 0 amide bonds. The van der Waals surface area contributed by atoms with Crippen LogP contribution in [-0.2, 0) is 36.5 Å². The van der Waals surface area contributed by atoms with Gasteiger partial charge in [-0.05, 0) is 61.2 Å². The summed E-state index contributed by atoms with van der Waals surface area (Å²) in [7, 11) is 0. The van der Waals surface area contributed by atoms with Crippen molar-refractivity contribution in [1.82, 2.24) is 29.8 Å². The van der Waals surface area contributed by atoms with Gasteiger partial charge in [-0.2, -0.15) is 0 Å². The Hall–Kier alpha value is -5.83. The highest BCUT2D eigenvalue weighted by atomic mass is 16.6. The molecule has 0 bridgehead atoms. The number of hydrogen-bond acceptors (Lipinski definition) is 13. The Labute approximate surface area is 278 Å². The van der Waals surface area contributed by atoms with E-state index in [0.29, 0.717) is 41.8 Å². The van der Waals surface area contributed by atoms with Crippen LogP contribution < -0.4 is 11.6 Å². The molecule has 0 saturated carbocycles. The highest BCUT2D eigenvalue weighted by Gasteiger charge is 2.33. The highest BCUT2D eigenvalue weighted by Crippen LogP contribution is 2.32. The number of nitrogens with zero attached hydrogens (tertiary/aromatic N) is 6. The van der Waals surface area contributed by atoms with Crippen molar-refractivity contribution >= 4 is 5.97 Å². The summed E-state index contributed by atoms with van der Waals surface area (Å²) in [5.41, 5.74) is 2.26. The number of rotatable bonds is 12. The number of hydrogen-bond donors (Lipinski definition) is 1. The summed E-state index contributed by atoms with van der Waals surface area (Å²) in [5.74, 6) is -0.373. The van der Waals surface area contributed by atoms with Crippen molar-refractivity contribution in [1.29, 1.82) is 0 Å². The molecule has 6 rings (SSSR count). The summed E-state index contributed by atoms with van der Waals surface area (Å²) in [6.45, 7) is 8.44. The number of aromatic nitrogens is 6. The van der Waals surface area contributed by atoms with Crippen molar-refractivity contribution in [2.75, 3.05) is 0 Å². The van der Waals surface area contributed by atoms with Crippen LogP contribution in [0.2, 0.25) is 0 Å². The van der Waals surface area contributed by atoms with Gasteiger partial charge in [0.15, 0.2) is 35.4 Å². The highest BCUT2D eigenvalue weighted by molar-refractivity contribution is 5.89. The topological polar surface area (TPSA) is 195 Å². The van der Waals surface area contributed by atoms with Crippen LogP contribution in [0.5, 0.6) is 0 Å². The second kappa shape index (κ2) is 13.4. The number of esters is 1. The summed E-state index contributed by atoms with van der Waals surface area (Å²) in [5, 5.41) is 23.4. The first kappa shape index (κ1) is 33.1. The number of benzene rings is 2. The fourth-order valence-corrected chi connectivity index (χ4v) is 5.61. The zero-order valence-electron chi connectivity index (χ0n) is 27.6. The largest absolute Gasteiger partial charge is 0.519 e. The Morgan fingerprint density at radius 2 is 1.55 bits per heavy atom. The Bertz CT molecular complexity index is 2220. The van der Waals surface area contributed by atoms with E-state index in [1.165, 1.54) is 11.6 Å². The van der Waals surface area contributed by atoms with Crippen molar-refractivity contribution in [3.8, 4) is 22.5 Å². The first-order valence-electron chi connectivity index (χ1n) is 15.6. The number of carbonyl (C=O) groups excluding carboxylic acids is 1. The minimum Gasteiger partial charge on any atom is -0.453 e. The summed E-state index contributed by atoms with van der Waals surface area (Å²) in [4.78, 5) is 40.9. The molecule has 0 aliphatic carbocycles. The maximum Gasteiger partial charge on any atom is 0.519 e. The number of carbonyl (C=O) groups is 1. The maximum atomic E-state index is 13.3. The molecule has 4 aromatic heterocycles. The molecule has 0 atom stereocenters. The predicted octanol–water partition coefficient (Wildman–Crippen LogP) is 4.55. The van der Waals surface area contributed by atoms with Gasteiger partial charge >= 0.3 is 17.6 Å². The van der Waals surface area contributed by atoms with E-state index in [2.05, 4.69) is 20.5 Å². The lowest BCUT2D eigenvalue weighted by molar-refractivity contribution is 0.0396. The van der Waals surface area contributed by atoms with Crippen LogP contribution >= 0.6 is 0 Å². The van der Waals surface area contributed by atoms with E-state index in [0.717, 1.165) is 28.7 Å². The van der Waals surface area contributed by atoms with Gasteiger partial charge in [-0.25, -0.2) is 24.0 Å². The monoisotopic (exact) mass is 670 g/mol. The van der Waals surface area contributed by atoms with Crippen molar-refractivity contribution in [2.45, 2.75) is 72.8 Å². The van der Waals surface area contributed by atoms with Crippen LogP contribution in [0.1, 0.15) is 77.8 Å². The molecular formula is C34H34N6O9. The van der Waals surface area contributed by atoms with Crippen molar-refractivity contribution in [3.05, 3.63) is 116 Å². The average Bonchev–Trinajstić information content (AvgIpc) is 3.82. The molecule has 0 saturated heterocycles.